The summed E-state index contributed by atoms with van der Waals surface area (Å²) in [4.78, 5) is 18.6. The Morgan fingerprint density at radius 1 is 1.32 bits per heavy atom. The minimum Gasteiger partial charge on any atom is -0.379 e. The molecule has 124 valence electrons. The second kappa shape index (κ2) is 8.24. The molecular formula is C15H27N5O2. The summed E-state index contributed by atoms with van der Waals surface area (Å²) in [5, 5.41) is 7.08. The Balaban J connectivity index is 1.88. The predicted octanol–water partition coefficient (Wildman–Crippen LogP) is 0.702. The minimum atomic E-state index is -0.341. The van der Waals surface area contributed by atoms with Gasteiger partial charge in [0, 0.05) is 25.7 Å². The average Bonchev–Trinajstić information content (AvgIpc) is 3.05. The number of hydrogen-bond donors (Lipinski definition) is 1. The maximum absolute atomic E-state index is 12.3. The van der Waals surface area contributed by atoms with E-state index in [-0.39, 0.29) is 11.9 Å². The van der Waals surface area contributed by atoms with Crippen molar-refractivity contribution in [1.29, 1.82) is 0 Å². The molecule has 0 aliphatic carbocycles. The highest BCUT2D eigenvalue weighted by atomic mass is 16.5. The lowest BCUT2D eigenvalue weighted by Gasteiger charge is -2.35. The zero-order valence-electron chi connectivity index (χ0n) is 13.7. The smallest absolute Gasteiger partial charge is 0.244 e. The summed E-state index contributed by atoms with van der Waals surface area (Å²) < 4.78 is 6.99. The molecule has 2 atom stereocenters. The van der Waals surface area contributed by atoms with E-state index in [1.807, 2.05) is 6.92 Å². The first-order valence-electron chi connectivity index (χ1n) is 8.01. The highest BCUT2D eigenvalue weighted by Gasteiger charge is 2.23. The van der Waals surface area contributed by atoms with Crippen LogP contribution in [0.1, 0.15) is 33.2 Å². The van der Waals surface area contributed by atoms with Crippen molar-refractivity contribution in [3.8, 4) is 0 Å². The molecule has 7 heteroatoms. The molecule has 22 heavy (non-hydrogen) atoms. The maximum atomic E-state index is 12.3. The largest absolute Gasteiger partial charge is 0.379 e. The molecule has 2 heterocycles. The average molecular weight is 309 g/mol. The Bertz CT molecular complexity index is 443. The van der Waals surface area contributed by atoms with Crippen LogP contribution in [-0.4, -0.2) is 64.5 Å². The molecule has 1 aliphatic heterocycles. The minimum absolute atomic E-state index is 0.0208. The molecule has 1 aliphatic rings. The van der Waals surface area contributed by atoms with Crippen molar-refractivity contribution in [2.45, 2.75) is 39.3 Å². The van der Waals surface area contributed by atoms with Crippen LogP contribution in [0.3, 0.4) is 0 Å². The zero-order chi connectivity index (χ0) is 15.9. The van der Waals surface area contributed by atoms with E-state index in [1.54, 1.807) is 11.0 Å². The molecule has 1 aromatic rings. The first kappa shape index (κ1) is 16.9. The van der Waals surface area contributed by atoms with E-state index in [0.717, 1.165) is 32.7 Å². The lowest BCUT2D eigenvalue weighted by atomic mass is 10.0. The fourth-order valence-electron chi connectivity index (χ4n) is 2.75. The van der Waals surface area contributed by atoms with Crippen LogP contribution < -0.4 is 5.32 Å². The van der Waals surface area contributed by atoms with Gasteiger partial charge in [0.25, 0.3) is 0 Å². The van der Waals surface area contributed by atoms with Crippen LogP contribution in [-0.2, 0) is 9.53 Å². The van der Waals surface area contributed by atoms with Crippen LogP contribution in [0, 0.1) is 5.92 Å². The summed E-state index contributed by atoms with van der Waals surface area (Å²) in [7, 11) is 0. The molecule has 2 rings (SSSR count). The van der Waals surface area contributed by atoms with Crippen molar-refractivity contribution < 1.29 is 9.53 Å². The molecule has 1 fully saturated rings. The Morgan fingerprint density at radius 2 is 2.05 bits per heavy atom. The summed E-state index contributed by atoms with van der Waals surface area (Å²) in [5.74, 6) is 0.574. The quantitative estimate of drug-likeness (QED) is 0.803. The molecule has 0 saturated carbocycles. The summed E-state index contributed by atoms with van der Waals surface area (Å²) in [6.07, 6.45) is 4.08. The molecule has 1 saturated heterocycles. The monoisotopic (exact) mass is 309 g/mol. The number of ether oxygens (including phenoxy) is 1. The van der Waals surface area contributed by atoms with Gasteiger partial charge in [-0.3, -0.25) is 9.69 Å². The number of nitrogens with zero attached hydrogens (tertiary/aromatic N) is 4. The standard InChI is InChI=1S/C15H27N5O2/c1-12(2)8-14(19-4-6-22-7-5-19)9-17-15(21)13(3)20-11-16-10-18-20/h10-14H,4-9H2,1-3H3,(H,17,21). The second-order valence-corrected chi connectivity index (χ2v) is 6.23. The van der Waals surface area contributed by atoms with Crippen LogP contribution >= 0.6 is 0 Å². The topological polar surface area (TPSA) is 72.3 Å². The molecule has 0 bridgehead atoms. The fraction of sp³-hybridized carbons (Fsp3) is 0.800. The van der Waals surface area contributed by atoms with Gasteiger partial charge >= 0.3 is 0 Å². The van der Waals surface area contributed by atoms with Crippen molar-refractivity contribution in [2.24, 2.45) is 5.92 Å². The van der Waals surface area contributed by atoms with E-state index in [9.17, 15) is 4.79 Å². The maximum Gasteiger partial charge on any atom is 0.244 e. The zero-order valence-corrected chi connectivity index (χ0v) is 13.7. The molecule has 1 aromatic heterocycles. The van der Waals surface area contributed by atoms with Crippen LogP contribution in [0.4, 0.5) is 0 Å². The van der Waals surface area contributed by atoms with Gasteiger partial charge in [0.2, 0.25) is 5.91 Å². The lowest BCUT2D eigenvalue weighted by molar-refractivity contribution is -0.124. The Hall–Kier alpha value is -1.47. The molecule has 0 spiro atoms. The normalized spacial score (nSPS) is 19.1. The van der Waals surface area contributed by atoms with Gasteiger partial charge in [-0.1, -0.05) is 13.8 Å². The first-order chi connectivity index (χ1) is 10.6. The van der Waals surface area contributed by atoms with Gasteiger partial charge in [-0.2, -0.15) is 5.10 Å². The summed E-state index contributed by atoms with van der Waals surface area (Å²) in [6.45, 7) is 10.3. The lowest BCUT2D eigenvalue weighted by Crippen LogP contribution is -2.50. The molecule has 0 radical (unpaired) electrons. The molecule has 2 unspecified atom stereocenters. The third kappa shape index (κ3) is 4.78. The summed E-state index contributed by atoms with van der Waals surface area (Å²) >= 11 is 0. The second-order valence-electron chi connectivity index (χ2n) is 6.23. The van der Waals surface area contributed by atoms with E-state index >= 15 is 0 Å². The van der Waals surface area contributed by atoms with E-state index in [2.05, 4.69) is 34.1 Å². The number of aromatic nitrogens is 3. The number of carbonyl (C=O) groups excluding carboxylic acids is 1. The van der Waals surface area contributed by atoms with E-state index < -0.39 is 0 Å². The predicted molar refractivity (Wildman–Crippen MR) is 83.4 cm³/mol. The number of carbonyl (C=O) groups is 1. The van der Waals surface area contributed by atoms with Crippen molar-refractivity contribution in [2.75, 3.05) is 32.8 Å². The van der Waals surface area contributed by atoms with Crippen LogP contribution in [0.25, 0.3) is 0 Å². The number of nitrogens with one attached hydrogen (secondary N) is 1. The number of morpholine rings is 1. The van der Waals surface area contributed by atoms with Crippen LogP contribution in [0.15, 0.2) is 12.7 Å². The van der Waals surface area contributed by atoms with E-state index in [1.165, 1.54) is 6.33 Å². The number of rotatable bonds is 7. The van der Waals surface area contributed by atoms with Gasteiger partial charge in [0.05, 0.1) is 13.2 Å². The highest BCUT2D eigenvalue weighted by Crippen LogP contribution is 2.13. The molecule has 1 N–H and O–H groups in total. The summed E-state index contributed by atoms with van der Waals surface area (Å²) in [6, 6.07) is 0.0164. The van der Waals surface area contributed by atoms with Gasteiger partial charge < -0.3 is 10.1 Å². The van der Waals surface area contributed by atoms with Gasteiger partial charge in [-0.25, -0.2) is 9.67 Å². The highest BCUT2D eigenvalue weighted by molar-refractivity contribution is 5.79. The van der Waals surface area contributed by atoms with Crippen molar-refractivity contribution in [3.63, 3.8) is 0 Å². The number of hydrogen-bond acceptors (Lipinski definition) is 5. The number of amides is 1. The fourth-order valence-corrected chi connectivity index (χ4v) is 2.75. The Kier molecular flexibility index (Phi) is 6.33. The van der Waals surface area contributed by atoms with Gasteiger partial charge in [-0.15, -0.1) is 0 Å². The molecule has 0 aromatic carbocycles. The molecule has 1 amide bonds. The van der Waals surface area contributed by atoms with Crippen molar-refractivity contribution in [1.82, 2.24) is 25.0 Å². The van der Waals surface area contributed by atoms with E-state index in [4.69, 9.17) is 4.74 Å². The van der Waals surface area contributed by atoms with Crippen LogP contribution in [0.5, 0.6) is 0 Å². The third-order valence-electron chi connectivity index (χ3n) is 4.03. The van der Waals surface area contributed by atoms with Crippen LogP contribution in [0.2, 0.25) is 0 Å². The third-order valence-corrected chi connectivity index (χ3v) is 4.03. The SMILES string of the molecule is CC(C)CC(CNC(=O)C(C)n1cncn1)N1CCOCC1. The Labute approximate surface area is 132 Å². The van der Waals surface area contributed by atoms with Gasteiger partial charge in [0.15, 0.2) is 0 Å². The molecule has 7 nitrogen and oxygen atoms in total. The van der Waals surface area contributed by atoms with Gasteiger partial charge in [-0.05, 0) is 19.3 Å². The van der Waals surface area contributed by atoms with Crippen molar-refractivity contribution >= 4 is 5.91 Å². The first-order valence-corrected chi connectivity index (χ1v) is 8.01. The summed E-state index contributed by atoms with van der Waals surface area (Å²) in [5.41, 5.74) is 0. The van der Waals surface area contributed by atoms with Gasteiger partial charge in [0.1, 0.15) is 18.7 Å². The molecular weight excluding hydrogens is 282 g/mol. The van der Waals surface area contributed by atoms with Crippen molar-refractivity contribution in [3.05, 3.63) is 12.7 Å². The Morgan fingerprint density at radius 3 is 2.64 bits per heavy atom. The van der Waals surface area contributed by atoms with E-state index in [0.29, 0.717) is 18.5 Å².